The Morgan fingerprint density at radius 3 is 2.66 bits per heavy atom. The van der Waals surface area contributed by atoms with E-state index in [1.165, 1.54) is 6.20 Å². The number of nitrogens with one attached hydrogen (secondary N) is 1. The number of anilines is 2. The van der Waals surface area contributed by atoms with E-state index in [9.17, 15) is 23.1 Å². The van der Waals surface area contributed by atoms with Crippen LogP contribution in [0.1, 0.15) is 34.5 Å². The molecule has 0 spiro atoms. The minimum absolute atomic E-state index is 0.0411. The monoisotopic (exact) mass is 544 g/mol. The molecule has 0 saturated carbocycles. The molecule has 1 amide bonds. The third-order valence-electron chi connectivity index (χ3n) is 6.02. The number of aliphatic hydroxyl groups is 1. The van der Waals surface area contributed by atoms with E-state index in [0.717, 1.165) is 43.1 Å². The number of hydrogen-bond acceptors (Lipinski definition) is 8. The van der Waals surface area contributed by atoms with Crippen LogP contribution in [0.3, 0.4) is 0 Å². The Labute approximate surface area is 219 Å². The van der Waals surface area contributed by atoms with Crippen LogP contribution in [0.25, 0.3) is 11.3 Å². The summed E-state index contributed by atoms with van der Waals surface area (Å²) in [5.74, 6) is -1.22. The highest BCUT2D eigenvalue weighted by atomic mass is 35.5. The highest BCUT2D eigenvalue weighted by Crippen LogP contribution is 2.35. The summed E-state index contributed by atoms with van der Waals surface area (Å²) in [6.45, 7) is 1.18. The van der Waals surface area contributed by atoms with Gasteiger partial charge < -0.3 is 15.3 Å². The number of benzene rings is 1. The number of nitrogens with zero attached hydrogens (tertiary/aromatic N) is 7. The van der Waals surface area contributed by atoms with Crippen LogP contribution in [0.2, 0.25) is 5.02 Å². The summed E-state index contributed by atoms with van der Waals surface area (Å²) in [4.78, 5) is 31.3. The molecule has 4 heterocycles. The van der Waals surface area contributed by atoms with Crippen molar-refractivity contribution in [3.05, 3.63) is 77.0 Å². The van der Waals surface area contributed by atoms with E-state index in [1.807, 2.05) is 4.90 Å². The van der Waals surface area contributed by atoms with Gasteiger partial charge in [0.15, 0.2) is 5.82 Å². The summed E-state index contributed by atoms with van der Waals surface area (Å²) in [6.07, 6.45) is 6.44. The van der Waals surface area contributed by atoms with Gasteiger partial charge in [-0.3, -0.25) is 14.5 Å². The molecule has 1 saturated heterocycles. The number of rotatable bonds is 8. The maximum absolute atomic E-state index is 14.6. The molecule has 14 heteroatoms. The second-order valence-electron chi connectivity index (χ2n) is 8.51. The predicted molar refractivity (Wildman–Crippen MR) is 132 cm³/mol. The van der Waals surface area contributed by atoms with Gasteiger partial charge in [0.25, 0.3) is 12.3 Å². The molecular formula is C24H20ClF3N8O2. The second-order valence-corrected chi connectivity index (χ2v) is 8.91. The minimum atomic E-state index is -2.99. The van der Waals surface area contributed by atoms with Crippen molar-refractivity contribution >= 4 is 29.1 Å². The number of carbonyl (C=O) groups excluding carboxylic acids is 1. The van der Waals surface area contributed by atoms with E-state index in [-0.39, 0.29) is 29.1 Å². The molecule has 0 bridgehead atoms. The van der Waals surface area contributed by atoms with Crippen molar-refractivity contribution in [2.24, 2.45) is 0 Å². The van der Waals surface area contributed by atoms with Crippen molar-refractivity contribution in [1.82, 2.24) is 29.7 Å². The zero-order valence-corrected chi connectivity index (χ0v) is 20.4. The maximum atomic E-state index is 14.6. The fourth-order valence-corrected chi connectivity index (χ4v) is 4.13. The van der Waals surface area contributed by atoms with Crippen LogP contribution in [0.5, 0.6) is 0 Å². The van der Waals surface area contributed by atoms with Gasteiger partial charge in [-0.2, -0.15) is 5.10 Å². The number of carbonyl (C=O) groups is 1. The highest BCUT2D eigenvalue weighted by Gasteiger charge is 2.29. The van der Waals surface area contributed by atoms with E-state index in [1.54, 1.807) is 23.3 Å². The molecule has 4 aromatic rings. The van der Waals surface area contributed by atoms with E-state index in [4.69, 9.17) is 11.6 Å². The number of hydrogen-bond donors (Lipinski definition) is 2. The fourth-order valence-electron chi connectivity index (χ4n) is 3.97. The summed E-state index contributed by atoms with van der Waals surface area (Å²) in [7, 11) is 0. The molecule has 10 nitrogen and oxygen atoms in total. The fraction of sp³-hybridized carbons (Fsp3) is 0.250. The SMILES string of the molecule is O=C(Nc1cnn(Cc2cnc(N3CCC3CO)nc2)c1)c1cncc(-c2c(C(F)F)ccc(Cl)c2F)n1. The van der Waals surface area contributed by atoms with Crippen LogP contribution in [-0.2, 0) is 6.54 Å². The molecule has 38 heavy (non-hydrogen) atoms. The Kier molecular flexibility index (Phi) is 7.20. The second kappa shape index (κ2) is 10.7. The summed E-state index contributed by atoms with van der Waals surface area (Å²) in [5, 5.41) is 15.8. The molecule has 5 rings (SSSR count). The zero-order chi connectivity index (χ0) is 26.8. The molecule has 1 aromatic carbocycles. The van der Waals surface area contributed by atoms with Gasteiger partial charge in [0, 0.05) is 41.8 Å². The average molecular weight is 545 g/mol. The lowest BCUT2D eigenvalue weighted by Crippen LogP contribution is -2.50. The molecular weight excluding hydrogens is 525 g/mol. The van der Waals surface area contributed by atoms with Gasteiger partial charge in [-0.25, -0.2) is 28.1 Å². The summed E-state index contributed by atoms with van der Waals surface area (Å²) < 4.78 is 43.1. The van der Waals surface area contributed by atoms with Gasteiger partial charge >= 0.3 is 0 Å². The molecule has 3 aromatic heterocycles. The number of alkyl halides is 2. The molecule has 1 aliphatic heterocycles. The van der Waals surface area contributed by atoms with E-state index < -0.39 is 29.3 Å². The van der Waals surface area contributed by atoms with E-state index in [0.29, 0.717) is 18.2 Å². The van der Waals surface area contributed by atoms with Crippen molar-refractivity contribution in [2.75, 3.05) is 23.4 Å². The van der Waals surface area contributed by atoms with Crippen LogP contribution in [0, 0.1) is 5.82 Å². The summed E-state index contributed by atoms with van der Waals surface area (Å²) in [5.41, 5.74) is -0.491. The lowest BCUT2D eigenvalue weighted by atomic mass is 10.0. The first kappa shape index (κ1) is 25.5. The first-order valence-corrected chi connectivity index (χ1v) is 11.8. The van der Waals surface area contributed by atoms with E-state index in [2.05, 4.69) is 30.4 Å². The first-order valence-electron chi connectivity index (χ1n) is 11.4. The van der Waals surface area contributed by atoms with Crippen molar-refractivity contribution in [3.8, 4) is 11.3 Å². The van der Waals surface area contributed by atoms with Crippen molar-refractivity contribution in [1.29, 1.82) is 0 Å². The maximum Gasteiger partial charge on any atom is 0.275 e. The van der Waals surface area contributed by atoms with Crippen LogP contribution in [0.15, 0.2) is 49.3 Å². The molecule has 1 fully saturated rings. The lowest BCUT2D eigenvalue weighted by Gasteiger charge is -2.39. The standard InChI is InChI=1S/C24H20ClF3N8O2/c25-17-2-1-16(22(27)28)20(21(17)26)18-8-29-9-19(34-18)23(38)33-14-7-32-35(11-14)10-13-5-30-24(31-6-13)36-4-3-15(36)12-37/h1-2,5-9,11,15,22,37H,3-4,10,12H2,(H,33,38). The van der Waals surface area contributed by atoms with Gasteiger partial charge in [0.1, 0.15) is 5.69 Å². The molecule has 0 radical (unpaired) electrons. The van der Waals surface area contributed by atoms with Crippen LogP contribution < -0.4 is 10.2 Å². The highest BCUT2D eigenvalue weighted by molar-refractivity contribution is 6.31. The zero-order valence-electron chi connectivity index (χ0n) is 19.6. The van der Waals surface area contributed by atoms with Gasteiger partial charge in [-0.05, 0) is 12.5 Å². The molecule has 1 unspecified atom stereocenters. The van der Waals surface area contributed by atoms with Gasteiger partial charge in [-0.1, -0.05) is 17.7 Å². The molecule has 0 aliphatic carbocycles. The van der Waals surface area contributed by atoms with Gasteiger partial charge in [-0.15, -0.1) is 0 Å². The van der Waals surface area contributed by atoms with Crippen LogP contribution in [0.4, 0.5) is 24.8 Å². The smallest absolute Gasteiger partial charge is 0.275 e. The quantitative estimate of drug-likeness (QED) is 0.344. The number of amides is 1. The third kappa shape index (κ3) is 5.15. The van der Waals surface area contributed by atoms with Crippen LogP contribution in [-0.4, -0.2) is 59.9 Å². The predicted octanol–water partition coefficient (Wildman–Crippen LogP) is 3.73. The van der Waals surface area contributed by atoms with Crippen LogP contribution >= 0.6 is 11.6 Å². The molecule has 196 valence electrons. The molecule has 1 aliphatic rings. The summed E-state index contributed by atoms with van der Waals surface area (Å²) >= 11 is 5.78. The Bertz CT molecular complexity index is 1470. The van der Waals surface area contributed by atoms with Crippen molar-refractivity contribution in [2.45, 2.75) is 25.4 Å². The third-order valence-corrected chi connectivity index (χ3v) is 6.32. The Hall–Kier alpha value is -4.10. The lowest BCUT2D eigenvalue weighted by molar-refractivity contribution is 0.102. The van der Waals surface area contributed by atoms with Gasteiger partial charge in [0.05, 0.1) is 54.2 Å². The van der Waals surface area contributed by atoms with Gasteiger partial charge in [0.2, 0.25) is 5.95 Å². The Morgan fingerprint density at radius 2 is 1.97 bits per heavy atom. The largest absolute Gasteiger partial charge is 0.394 e. The van der Waals surface area contributed by atoms with Crippen molar-refractivity contribution in [3.63, 3.8) is 0 Å². The Balaban J connectivity index is 1.27. The molecule has 1 atom stereocenters. The average Bonchev–Trinajstić information content (AvgIpc) is 3.32. The van der Waals surface area contributed by atoms with Crippen molar-refractivity contribution < 1.29 is 23.1 Å². The number of halogens is 4. The topological polar surface area (TPSA) is 122 Å². The number of aliphatic hydroxyl groups excluding tert-OH is 1. The summed E-state index contributed by atoms with van der Waals surface area (Å²) in [6, 6.07) is 2.08. The number of aromatic nitrogens is 6. The van der Waals surface area contributed by atoms with E-state index >= 15 is 0 Å². The normalized spacial score (nSPS) is 15.0. The minimum Gasteiger partial charge on any atom is -0.394 e. The first-order chi connectivity index (χ1) is 18.3. The molecule has 2 N–H and O–H groups in total. The Morgan fingerprint density at radius 1 is 1.18 bits per heavy atom.